The van der Waals surface area contributed by atoms with Gasteiger partial charge in [-0.3, -0.25) is 4.79 Å². The molecule has 1 aromatic heterocycles. The van der Waals surface area contributed by atoms with Gasteiger partial charge in [-0.15, -0.1) is 0 Å². The van der Waals surface area contributed by atoms with E-state index in [1.54, 1.807) is 0 Å². The molecule has 0 unspecified atom stereocenters. The van der Waals surface area contributed by atoms with E-state index in [0.717, 1.165) is 6.07 Å². The van der Waals surface area contributed by atoms with E-state index in [2.05, 4.69) is 15.6 Å². The number of aromatic nitrogens is 1. The summed E-state index contributed by atoms with van der Waals surface area (Å²) in [5, 5.41) is 5.33. The fourth-order valence-corrected chi connectivity index (χ4v) is 2.17. The van der Waals surface area contributed by atoms with E-state index in [0.29, 0.717) is 18.0 Å². The molecule has 0 radical (unpaired) electrons. The Balaban J connectivity index is 2.16. The van der Waals surface area contributed by atoms with Gasteiger partial charge in [0, 0.05) is 17.8 Å². The number of carbonyl (C=O) groups excluding carboxylic acids is 1. The molecule has 0 saturated carbocycles. The van der Waals surface area contributed by atoms with Gasteiger partial charge < -0.3 is 10.6 Å². The molecule has 0 spiro atoms. The van der Waals surface area contributed by atoms with Gasteiger partial charge in [-0.2, -0.15) is 13.2 Å². The number of hydrogen-bond donors (Lipinski definition) is 2. The highest BCUT2D eigenvalue weighted by molar-refractivity contribution is 6.30. The second kappa shape index (κ2) is 7.74. The lowest BCUT2D eigenvalue weighted by Gasteiger charge is -2.14. The number of hydrogen-bond acceptors (Lipinski definition) is 3. The number of rotatable bonds is 5. The molecule has 1 aromatic carbocycles. The van der Waals surface area contributed by atoms with E-state index in [-0.39, 0.29) is 22.4 Å². The smallest absolute Gasteiger partial charge is 0.352 e. The van der Waals surface area contributed by atoms with Gasteiger partial charge >= 0.3 is 6.18 Å². The van der Waals surface area contributed by atoms with E-state index in [9.17, 15) is 18.0 Å². The van der Waals surface area contributed by atoms with Crippen LogP contribution in [0.1, 0.15) is 29.8 Å². The molecule has 4 nitrogen and oxygen atoms in total. The third kappa shape index (κ3) is 5.35. The van der Waals surface area contributed by atoms with Gasteiger partial charge in [0.25, 0.3) is 5.91 Å². The monoisotopic (exact) mass is 371 g/mol. The maximum absolute atomic E-state index is 13.1. The van der Waals surface area contributed by atoms with Crippen molar-refractivity contribution < 1.29 is 18.0 Å². The van der Waals surface area contributed by atoms with Gasteiger partial charge in [0.2, 0.25) is 0 Å². The molecule has 2 aromatic rings. The van der Waals surface area contributed by atoms with E-state index < -0.39 is 11.7 Å². The molecule has 1 amide bonds. The Labute approximate surface area is 148 Å². The minimum absolute atomic E-state index is 0.0111. The van der Waals surface area contributed by atoms with Gasteiger partial charge in [0.05, 0.1) is 16.8 Å². The predicted molar refractivity (Wildman–Crippen MR) is 91.1 cm³/mol. The third-order valence-electron chi connectivity index (χ3n) is 3.25. The summed E-state index contributed by atoms with van der Waals surface area (Å²) in [7, 11) is 0. The number of alkyl halides is 3. The maximum Gasteiger partial charge on any atom is 0.418 e. The molecule has 8 heteroatoms. The standard InChI is InChI=1S/C17H17ClF3N3O/c1-10(2)8-23-16(25)11-3-6-15(22-9-11)24-14-5-4-12(18)7-13(14)17(19,20)21/h3-7,9-10H,8H2,1-2H3,(H,22,24)(H,23,25). The Kier molecular flexibility index (Phi) is 5.89. The summed E-state index contributed by atoms with van der Waals surface area (Å²) in [6.07, 6.45) is -3.24. The number of carbonyl (C=O) groups is 1. The summed E-state index contributed by atoms with van der Waals surface area (Å²) < 4.78 is 39.2. The number of pyridine rings is 1. The van der Waals surface area contributed by atoms with Crippen molar-refractivity contribution in [1.82, 2.24) is 10.3 Å². The highest BCUT2D eigenvalue weighted by Crippen LogP contribution is 2.37. The summed E-state index contributed by atoms with van der Waals surface area (Å²) in [6, 6.07) is 6.37. The number of nitrogens with zero attached hydrogens (tertiary/aromatic N) is 1. The fraction of sp³-hybridized carbons (Fsp3) is 0.294. The predicted octanol–water partition coefficient (Wildman–Crippen LogP) is 4.88. The molecule has 0 atom stereocenters. The van der Waals surface area contributed by atoms with E-state index in [1.165, 1.54) is 30.5 Å². The maximum atomic E-state index is 13.1. The number of nitrogens with one attached hydrogen (secondary N) is 2. The molecule has 134 valence electrons. The van der Waals surface area contributed by atoms with Crippen molar-refractivity contribution in [3.8, 4) is 0 Å². The van der Waals surface area contributed by atoms with E-state index >= 15 is 0 Å². The number of halogens is 4. The first-order chi connectivity index (χ1) is 11.7. The Bertz CT molecular complexity index is 746. The quantitative estimate of drug-likeness (QED) is 0.787. The van der Waals surface area contributed by atoms with Crippen molar-refractivity contribution in [2.45, 2.75) is 20.0 Å². The van der Waals surface area contributed by atoms with Crippen LogP contribution in [0.15, 0.2) is 36.5 Å². The molecule has 0 bridgehead atoms. The first-order valence-electron chi connectivity index (χ1n) is 7.55. The van der Waals surface area contributed by atoms with Crippen molar-refractivity contribution in [1.29, 1.82) is 0 Å². The second-order valence-electron chi connectivity index (χ2n) is 5.85. The third-order valence-corrected chi connectivity index (χ3v) is 3.48. The molecular weight excluding hydrogens is 355 g/mol. The van der Waals surface area contributed by atoms with Gasteiger partial charge in [-0.1, -0.05) is 25.4 Å². The van der Waals surface area contributed by atoms with E-state index in [1.807, 2.05) is 13.8 Å². The van der Waals surface area contributed by atoms with Crippen LogP contribution in [0.5, 0.6) is 0 Å². The summed E-state index contributed by atoms with van der Waals surface area (Å²) in [5.74, 6) is 0.215. The number of amides is 1. The van der Waals surface area contributed by atoms with Crippen LogP contribution in [0.25, 0.3) is 0 Å². The van der Waals surface area contributed by atoms with Crippen molar-refractivity contribution >= 4 is 29.0 Å². The van der Waals surface area contributed by atoms with Crippen LogP contribution >= 0.6 is 11.6 Å². The van der Waals surface area contributed by atoms with Gasteiger partial charge in [0.1, 0.15) is 5.82 Å². The molecule has 0 fully saturated rings. The second-order valence-corrected chi connectivity index (χ2v) is 6.29. The topological polar surface area (TPSA) is 54.0 Å². The summed E-state index contributed by atoms with van der Waals surface area (Å²) in [4.78, 5) is 15.9. The molecule has 0 aliphatic heterocycles. The summed E-state index contributed by atoms with van der Waals surface area (Å²) in [5.41, 5.74) is -0.722. The van der Waals surface area contributed by atoms with Gasteiger partial charge in [-0.25, -0.2) is 4.98 Å². The van der Waals surface area contributed by atoms with E-state index in [4.69, 9.17) is 11.6 Å². The zero-order valence-corrected chi connectivity index (χ0v) is 14.4. The normalized spacial score (nSPS) is 11.5. The van der Waals surface area contributed by atoms with Crippen LogP contribution in [-0.2, 0) is 6.18 Å². The van der Waals surface area contributed by atoms with Gasteiger partial charge in [-0.05, 0) is 36.2 Å². The lowest BCUT2D eigenvalue weighted by Crippen LogP contribution is -2.27. The molecule has 0 aliphatic rings. The Morgan fingerprint density at radius 3 is 2.52 bits per heavy atom. The molecule has 25 heavy (non-hydrogen) atoms. The van der Waals surface area contributed by atoms with Crippen molar-refractivity contribution in [3.05, 3.63) is 52.7 Å². The highest BCUT2D eigenvalue weighted by atomic mass is 35.5. The molecule has 2 N–H and O–H groups in total. The lowest BCUT2D eigenvalue weighted by atomic mass is 10.1. The lowest BCUT2D eigenvalue weighted by molar-refractivity contribution is -0.136. The Hall–Kier alpha value is -2.28. The average Bonchev–Trinajstić information content (AvgIpc) is 2.54. The zero-order chi connectivity index (χ0) is 18.6. The van der Waals surface area contributed by atoms with Crippen LogP contribution < -0.4 is 10.6 Å². The van der Waals surface area contributed by atoms with Gasteiger partial charge in [0.15, 0.2) is 0 Å². The molecule has 1 heterocycles. The minimum Gasteiger partial charge on any atom is -0.352 e. The summed E-state index contributed by atoms with van der Waals surface area (Å²) >= 11 is 5.65. The first-order valence-corrected chi connectivity index (χ1v) is 7.92. The van der Waals surface area contributed by atoms with Crippen molar-refractivity contribution in [2.75, 3.05) is 11.9 Å². The molecular formula is C17H17ClF3N3O. The average molecular weight is 372 g/mol. The number of anilines is 2. The van der Waals surface area contributed by atoms with Crippen molar-refractivity contribution in [3.63, 3.8) is 0 Å². The highest BCUT2D eigenvalue weighted by Gasteiger charge is 2.33. The van der Waals surface area contributed by atoms with Crippen LogP contribution in [0.3, 0.4) is 0 Å². The first kappa shape index (κ1) is 19.1. The van der Waals surface area contributed by atoms with Crippen LogP contribution in [0.2, 0.25) is 5.02 Å². The summed E-state index contributed by atoms with van der Waals surface area (Å²) in [6.45, 7) is 4.46. The minimum atomic E-state index is -4.55. The van der Waals surface area contributed by atoms with Crippen LogP contribution in [0.4, 0.5) is 24.7 Å². The Morgan fingerprint density at radius 1 is 1.24 bits per heavy atom. The zero-order valence-electron chi connectivity index (χ0n) is 13.6. The fourth-order valence-electron chi connectivity index (χ4n) is 2.00. The van der Waals surface area contributed by atoms with Crippen molar-refractivity contribution in [2.24, 2.45) is 5.92 Å². The largest absolute Gasteiger partial charge is 0.418 e. The molecule has 0 saturated heterocycles. The Morgan fingerprint density at radius 2 is 1.96 bits per heavy atom. The van der Waals surface area contributed by atoms with Crippen LogP contribution in [-0.4, -0.2) is 17.4 Å². The van der Waals surface area contributed by atoms with Crippen LogP contribution in [0, 0.1) is 5.92 Å². The molecule has 2 rings (SSSR count). The number of benzene rings is 1. The molecule has 0 aliphatic carbocycles. The SMILES string of the molecule is CC(C)CNC(=O)c1ccc(Nc2ccc(Cl)cc2C(F)(F)F)nc1.